The molecular formula is C15H21N3O2S. The van der Waals surface area contributed by atoms with Crippen LogP contribution in [0.4, 0.5) is 0 Å². The lowest BCUT2D eigenvalue weighted by Crippen LogP contribution is -2.51. The monoisotopic (exact) mass is 307 g/mol. The summed E-state index contributed by atoms with van der Waals surface area (Å²) in [5, 5.41) is 8.89. The van der Waals surface area contributed by atoms with Crippen molar-refractivity contribution >= 4 is 10.0 Å². The fourth-order valence-corrected chi connectivity index (χ4v) is 4.97. The fourth-order valence-electron chi connectivity index (χ4n) is 2.99. The molecule has 1 aromatic carbocycles. The Hall–Kier alpha value is -1.42. The molecule has 21 heavy (non-hydrogen) atoms. The van der Waals surface area contributed by atoms with E-state index >= 15 is 0 Å². The highest BCUT2D eigenvalue weighted by Gasteiger charge is 2.36. The van der Waals surface area contributed by atoms with Gasteiger partial charge in [0.1, 0.15) is 0 Å². The highest BCUT2D eigenvalue weighted by atomic mass is 32.2. The summed E-state index contributed by atoms with van der Waals surface area (Å²) in [4.78, 5) is 0.272. The van der Waals surface area contributed by atoms with Crippen LogP contribution in [0.5, 0.6) is 0 Å². The first-order chi connectivity index (χ1) is 9.91. The summed E-state index contributed by atoms with van der Waals surface area (Å²) in [7, 11) is -3.57. The third-order valence-corrected chi connectivity index (χ3v) is 6.28. The molecule has 0 aliphatic carbocycles. The molecule has 0 saturated carbocycles. The molecule has 5 nitrogen and oxygen atoms in total. The number of sulfonamides is 1. The highest BCUT2D eigenvalue weighted by molar-refractivity contribution is 7.89. The Morgan fingerprint density at radius 3 is 2.76 bits per heavy atom. The number of aryl methyl sites for hydroxylation is 1. The maximum Gasteiger partial charge on any atom is 0.243 e. The lowest BCUT2D eigenvalue weighted by molar-refractivity contribution is 0.192. The van der Waals surface area contributed by atoms with Crippen molar-refractivity contribution in [1.82, 2.24) is 4.31 Å². The van der Waals surface area contributed by atoms with Gasteiger partial charge >= 0.3 is 0 Å². The zero-order chi connectivity index (χ0) is 15.6. The van der Waals surface area contributed by atoms with Crippen molar-refractivity contribution in [2.45, 2.75) is 37.6 Å². The molecule has 6 heteroatoms. The predicted molar refractivity (Wildman–Crippen MR) is 81.0 cm³/mol. The summed E-state index contributed by atoms with van der Waals surface area (Å²) < 4.78 is 27.4. The number of nitrogens with two attached hydrogens (primary N) is 1. The van der Waals surface area contributed by atoms with Gasteiger partial charge < -0.3 is 5.73 Å². The first-order valence-electron chi connectivity index (χ1n) is 7.14. The highest BCUT2D eigenvalue weighted by Crippen LogP contribution is 2.30. The second kappa shape index (κ2) is 6.14. The van der Waals surface area contributed by atoms with Gasteiger partial charge in [0.2, 0.25) is 10.0 Å². The van der Waals surface area contributed by atoms with Gasteiger partial charge in [-0.05, 0) is 49.4 Å². The van der Waals surface area contributed by atoms with Crippen molar-refractivity contribution in [3.8, 4) is 6.07 Å². The number of hydrogen-bond donors (Lipinski definition) is 1. The third-order valence-electron chi connectivity index (χ3n) is 4.20. The summed E-state index contributed by atoms with van der Waals surface area (Å²) in [6, 6.07) is 6.55. The molecule has 114 valence electrons. The lowest BCUT2D eigenvalue weighted by atomic mass is 9.93. The van der Waals surface area contributed by atoms with Crippen LogP contribution in [-0.2, 0) is 10.0 Å². The number of hydrogen-bond acceptors (Lipinski definition) is 4. The van der Waals surface area contributed by atoms with E-state index in [1.807, 2.05) is 13.0 Å². The minimum atomic E-state index is -3.57. The van der Waals surface area contributed by atoms with Gasteiger partial charge in [-0.25, -0.2) is 8.42 Å². The van der Waals surface area contributed by atoms with Crippen molar-refractivity contribution in [2.24, 2.45) is 11.7 Å². The van der Waals surface area contributed by atoms with Crippen molar-refractivity contribution in [3.05, 3.63) is 29.3 Å². The van der Waals surface area contributed by atoms with Gasteiger partial charge in [-0.15, -0.1) is 0 Å². The molecule has 1 aliphatic heterocycles. The normalized spacial score (nSPS) is 23.7. The van der Waals surface area contributed by atoms with Gasteiger partial charge in [0.05, 0.1) is 16.5 Å². The van der Waals surface area contributed by atoms with Crippen LogP contribution >= 0.6 is 0 Å². The smallest absolute Gasteiger partial charge is 0.243 e. The molecule has 0 aromatic heterocycles. The number of nitrogens with zero attached hydrogens (tertiary/aromatic N) is 2. The molecule has 1 saturated heterocycles. The van der Waals surface area contributed by atoms with Gasteiger partial charge in [-0.2, -0.15) is 9.57 Å². The van der Waals surface area contributed by atoms with E-state index in [0.717, 1.165) is 12.8 Å². The van der Waals surface area contributed by atoms with E-state index in [2.05, 4.69) is 0 Å². The summed E-state index contributed by atoms with van der Waals surface area (Å²) in [6.45, 7) is 4.60. The van der Waals surface area contributed by atoms with Crippen LogP contribution in [0.3, 0.4) is 0 Å². The largest absolute Gasteiger partial charge is 0.329 e. The van der Waals surface area contributed by atoms with Crippen LogP contribution in [0.15, 0.2) is 23.1 Å². The zero-order valence-corrected chi connectivity index (χ0v) is 13.2. The number of rotatable bonds is 3. The van der Waals surface area contributed by atoms with Crippen LogP contribution in [0.2, 0.25) is 0 Å². The molecule has 2 N–H and O–H groups in total. The van der Waals surface area contributed by atoms with Crippen LogP contribution in [0.25, 0.3) is 0 Å². The van der Waals surface area contributed by atoms with E-state index < -0.39 is 10.0 Å². The maximum absolute atomic E-state index is 12.9. The quantitative estimate of drug-likeness (QED) is 0.919. The van der Waals surface area contributed by atoms with Crippen molar-refractivity contribution in [3.63, 3.8) is 0 Å². The Labute approximate surface area is 126 Å². The van der Waals surface area contributed by atoms with Gasteiger partial charge in [0, 0.05) is 19.1 Å². The molecule has 2 rings (SSSR count). The van der Waals surface area contributed by atoms with E-state index in [-0.39, 0.29) is 16.9 Å². The van der Waals surface area contributed by atoms with Crippen molar-refractivity contribution < 1.29 is 8.42 Å². The van der Waals surface area contributed by atoms with Crippen molar-refractivity contribution in [2.75, 3.05) is 13.1 Å². The van der Waals surface area contributed by atoms with E-state index in [0.29, 0.717) is 24.2 Å². The Balaban J connectivity index is 2.44. The standard InChI is InChI=1S/C15H21N3O2S/c1-11-4-3-7-18(14(11)10-17)21(19,20)15-6-5-13(9-16)8-12(15)2/h5-6,8,11,14H,3-4,7,10,17H2,1-2H3/t11-,14+/m0/s1. The fraction of sp³-hybridized carbons (Fsp3) is 0.533. The minimum absolute atomic E-state index is 0.154. The Bertz CT molecular complexity index is 664. The number of benzene rings is 1. The van der Waals surface area contributed by atoms with E-state index in [9.17, 15) is 8.42 Å². The van der Waals surface area contributed by atoms with Gasteiger partial charge in [0.25, 0.3) is 0 Å². The van der Waals surface area contributed by atoms with E-state index in [1.54, 1.807) is 19.1 Å². The van der Waals surface area contributed by atoms with Crippen LogP contribution < -0.4 is 5.73 Å². The number of piperidine rings is 1. The average molecular weight is 307 g/mol. The van der Waals surface area contributed by atoms with Gasteiger partial charge in [-0.1, -0.05) is 6.92 Å². The third kappa shape index (κ3) is 2.95. The molecule has 0 unspecified atom stereocenters. The minimum Gasteiger partial charge on any atom is -0.329 e. The first-order valence-corrected chi connectivity index (χ1v) is 8.58. The second-order valence-electron chi connectivity index (χ2n) is 5.63. The Morgan fingerprint density at radius 2 is 2.19 bits per heavy atom. The maximum atomic E-state index is 12.9. The zero-order valence-electron chi connectivity index (χ0n) is 12.4. The van der Waals surface area contributed by atoms with E-state index in [4.69, 9.17) is 11.0 Å². The van der Waals surface area contributed by atoms with Crippen molar-refractivity contribution in [1.29, 1.82) is 5.26 Å². The Kier molecular flexibility index (Phi) is 4.67. The first kappa shape index (κ1) is 16.0. The van der Waals surface area contributed by atoms with Crippen LogP contribution in [0, 0.1) is 24.2 Å². The second-order valence-corrected chi connectivity index (χ2v) is 7.49. The Morgan fingerprint density at radius 1 is 1.48 bits per heavy atom. The number of nitriles is 1. The molecule has 1 fully saturated rings. The molecule has 0 radical (unpaired) electrons. The summed E-state index contributed by atoms with van der Waals surface area (Å²) in [5.41, 5.74) is 6.86. The van der Waals surface area contributed by atoms with Crippen LogP contribution in [0.1, 0.15) is 30.9 Å². The summed E-state index contributed by atoms with van der Waals surface area (Å²) in [6.07, 6.45) is 1.85. The lowest BCUT2D eigenvalue weighted by Gasteiger charge is -2.38. The van der Waals surface area contributed by atoms with Gasteiger partial charge in [0.15, 0.2) is 0 Å². The SMILES string of the molecule is Cc1cc(C#N)ccc1S(=O)(=O)N1CCC[C@H](C)[C@H]1CN. The molecule has 0 amide bonds. The topological polar surface area (TPSA) is 87.2 Å². The molecule has 1 heterocycles. The average Bonchev–Trinajstić information content (AvgIpc) is 2.46. The molecule has 2 atom stereocenters. The molecular weight excluding hydrogens is 286 g/mol. The van der Waals surface area contributed by atoms with E-state index in [1.165, 1.54) is 10.4 Å². The molecule has 1 aliphatic rings. The predicted octanol–water partition coefficient (Wildman–Crippen LogP) is 1.61. The van der Waals surface area contributed by atoms with Gasteiger partial charge in [-0.3, -0.25) is 0 Å². The summed E-state index contributed by atoms with van der Waals surface area (Å²) >= 11 is 0. The molecule has 0 spiro atoms. The summed E-state index contributed by atoms with van der Waals surface area (Å²) in [5.74, 6) is 0.261. The molecule has 0 bridgehead atoms. The van der Waals surface area contributed by atoms with Crippen LogP contribution in [-0.4, -0.2) is 31.9 Å². The molecule has 1 aromatic rings.